The van der Waals surface area contributed by atoms with E-state index in [1.54, 1.807) is 0 Å². The molecule has 80 valence electrons. The van der Waals surface area contributed by atoms with E-state index in [-0.39, 0.29) is 12.0 Å². The van der Waals surface area contributed by atoms with Crippen LogP contribution in [-0.2, 0) is 4.74 Å². The van der Waals surface area contributed by atoms with Crippen molar-refractivity contribution in [2.45, 2.75) is 39.1 Å². The van der Waals surface area contributed by atoms with Crippen molar-refractivity contribution in [2.24, 2.45) is 5.92 Å². The summed E-state index contributed by atoms with van der Waals surface area (Å²) >= 11 is 0. The van der Waals surface area contributed by atoms with Crippen LogP contribution in [0.25, 0.3) is 0 Å². The molecule has 0 aromatic heterocycles. The second-order valence-electron chi connectivity index (χ2n) is 4.51. The fraction of sp³-hybridized carbons (Fsp3) is 0.900. The van der Waals surface area contributed by atoms with Gasteiger partial charge in [-0.25, -0.2) is 4.79 Å². The van der Waals surface area contributed by atoms with E-state index in [2.05, 4.69) is 13.8 Å². The van der Waals surface area contributed by atoms with Crippen molar-refractivity contribution in [1.29, 1.82) is 0 Å². The molecule has 0 spiro atoms. The van der Waals surface area contributed by atoms with Gasteiger partial charge in [0.25, 0.3) is 0 Å². The van der Waals surface area contributed by atoms with Crippen LogP contribution < -0.4 is 0 Å². The molecular weight excluding hydrogens is 177 g/mol. The molecule has 0 unspecified atom stereocenters. The van der Waals surface area contributed by atoms with Crippen LogP contribution in [0, 0.1) is 5.92 Å². The molecule has 4 heteroatoms. The van der Waals surface area contributed by atoms with Gasteiger partial charge in [-0.3, -0.25) is 0 Å². The quantitative estimate of drug-likeness (QED) is 0.490. The summed E-state index contributed by atoms with van der Waals surface area (Å²) in [5, 5.41) is 0. The van der Waals surface area contributed by atoms with Gasteiger partial charge < -0.3 is 9.64 Å². The summed E-state index contributed by atoms with van der Waals surface area (Å²) in [6, 6.07) is 0. The molecule has 1 fully saturated rings. The van der Waals surface area contributed by atoms with Crippen molar-refractivity contribution in [1.82, 2.24) is 4.90 Å². The van der Waals surface area contributed by atoms with E-state index >= 15 is 0 Å². The molecule has 1 aliphatic rings. The highest BCUT2D eigenvalue weighted by molar-refractivity contribution is 6.13. The molecular formula is C10H20BNO2. The number of hydrogen-bond donors (Lipinski definition) is 0. The van der Waals surface area contributed by atoms with Gasteiger partial charge >= 0.3 is 6.09 Å². The van der Waals surface area contributed by atoms with Crippen LogP contribution >= 0.6 is 0 Å². The Morgan fingerprint density at radius 3 is 2.79 bits per heavy atom. The Morgan fingerprint density at radius 2 is 2.29 bits per heavy atom. The molecule has 0 aromatic carbocycles. The molecule has 0 radical (unpaired) electrons. The molecule has 0 aromatic rings. The predicted molar refractivity (Wildman–Crippen MR) is 59.1 cm³/mol. The minimum Gasteiger partial charge on any atom is -0.448 e. The number of hydrogen-bond acceptors (Lipinski definition) is 2. The van der Waals surface area contributed by atoms with Crippen LogP contribution in [0.5, 0.6) is 0 Å². The van der Waals surface area contributed by atoms with Crippen LogP contribution in [0.1, 0.15) is 33.1 Å². The zero-order chi connectivity index (χ0) is 10.6. The highest BCUT2D eigenvalue weighted by Gasteiger charge is 2.28. The lowest BCUT2D eigenvalue weighted by molar-refractivity contribution is 0.157. The molecule has 0 bridgehead atoms. The normalized spacial score (nSPS) is 21.8. The van der Waals surface area contributed by atoms with Crippen LogP contribution in [0.4, 0.5) is 4.79 Å². The van der Waals surface area contributed by atoms with Gasteiger partial charge in [0.2, 0.25) is 0 Å². The number of carbonyl (C=O) groups is 1. The standard InChI is InChI=1S/C10H20BNO2/c1-8(2)5-3-4-6-12-9(11)7-14-10(12)13/h8-9H,3-7,11H2,1-2H3/t9-/m1/s1. The number of rotatable bonds is 5. The van der Waals surface area contributed by atoms with Gasteiger partial charge in [0.15, 0.2) is 0 Å². The molecule has 1 saturated heterocycles. The minimum atomic E-state index is -0.137. The minimum absolute atomic E-state index is 0.137. The Bertz CT molecular complexity index is 197. The monoisotopic (exact) mass is 197 g/mol. The highest BCUT2D eigenvalue weighted by Crippen LogP contribution is 2.12. The first-order valence-corrected chi connectivity index (χ1v) is 5.54. The molecule has 0 saturated carbocycles. The van der Waals surface area contributed by atoms with Crippen molar-refractivity contribution >= 4 is 13.9 Å². The summed E-state index contributed by atoms with van der Waals surface area (Å²) in [5.74, 6) is 1.03. The Balaban J connectivity index is 2.14. The lowest BCUT2D eigenvalue weighted by atomic mass is 9.96. The van der Waals surface area contributed by atoms with E-state index in [0.29, 0.717) is 6.61 Å². The Labute approximate surface area is 87.2 Å². The maximum atomic E-state index is 11.2. The number of carbonyl (C=O) groups excluding carboxylic acids is 1. The zero-order valence-electron chi connectivity index (χ0n) is 9.45. The number of ether oxygens (including phenoxy) is 1. The van der Waals surface area contributed by atoms with E-state index in [0.717, 1.165) is 18.9 Å². The summed E-state index contributed by atoms with van der Waals surface area (Å²) in [6.45, 7) is 5.87. The van der Waals surface area contributed by atoms with Crippen molar-refractivity contribution in [3.8, 4) is 0 Å². The first-order chi connectivity index (χ1) is 6.61. The largest absolute Gasteiger partial charge is 0.448 e. The number of amides is 1. The summed E-state index contributed by atoms with van der Waals surface area (Å²) < 4.78 is 4.94. The summed E-state index contributed by atoms with van der Waals surface area (Å²) in [4.78, 5) is 13.1. The molecule has 1 aliphatic heterocycles. The topological polar surface area (TPSA) is 29.5 Å². The lowest BCUT2D eigenvalue weighted by Gasteiger charge is -2.17. The van der Waals surface area contributed by atoms with Gasteiger partial charge in [0.05, 0.1) is 0 Å². The zero-order valence-corrected chi connectivity index (χ0v) is 9.45. The van der Waals surface area contributed by atoms with Gasteiger partial charge in [-0.05, 0) is 12.3 Å². The number of nitrogens with zero attached hydrogens (tertiary/aromatic N) is 1. The van der Waals surface area contributed by atoms with E-state index in [4.69, 9.17) is 4.74 Å². The van der Waals surface area contributed by atoms with Crippen molar-refractivity contribution < 1.29 is 9.53 Å². The Kier molecular flexibility index (Phi) is 4.30. The second kappa shape index (κ2) is 5.27. The fourth-order valence-corrected chi connectivity index (χ4v) is 1.69. The van der Waals surface area contributed by atoms with Crippen molar-refractivity contribution in [3.63, 3.8) is 0 Å². The maximum absolute atomic E-state index is 11.2. The number of unbranched alkanes of at least 4 members (excludes halogenated alkanes) is 1. The molecule has 1 amide bonds. The third-order valence-electron chi connectivity index (χ3n) is 2.65. The SMILES string of the molecule is B[C@H]1COC(=O)N1CCCCC(C)C. The molecule has 1 atom stereocenters. The first kappa shape index (κ1) is 11.4. The average molecular weight is 197 g/mol. The van der Waals surface area contributed by atoms with Gasteiger partial charge in [-0.2, -0.15) is 0 Å². The summed E-state index contributed by atoms with van der Waals surface area (Å²) in [6.07, 6.45) is 3.41. The fourth-order valence-electron chi connectivity index (χ4n) is 1.69. The van der Waals surface area contributed by atoms with Gasteiger partial charge in [0.1, 0.15) is 14.5 Å². The molecule has 1 rings (SSSR count). The molecule has 3 nitrogen and oxygen atoms in total. The Morgan fingerprint density at radius 1 is 1.57 bits per heavy atom. The van der Waals surface area contributed by atoms with E-state index in [9.17, 15) is 4.79 Å². The molecule has 1 heterocycles. The van der Waals surface area contributed by atoms with Crippen molar-refractivity contribution in [3.05, 3.63) is 0 Å². The second-order valence-corrected chi connectivity index (χ2v) is 4.51. The van der Waals surface area contributed by atoms with E-state index in [1.165, 1.54) is 12.8 Å². The van der Waals surface area contributed by atoms with Crippen LogP contribution in [-0.4, -0.2) is 37.9 Å². The van der Waals surface area contributed by atoms with Gasteiger partial charge in [-0.15, -0.1) is 0 Å². The van der Waals surface area contributed by atoms with Crippen LogP contribution in [0.3, 0.4) is 0 Å². The van der Waals surface area contributed by atoms with E-state index < -0.39 is 0 Å². The van der Waals surface area contributed by atoms with Gasteiger partial charge in [0, 0.05) is 12.5 Å². The molecule has 0 aliphatic carbocycles. The Hall–Kier alpha value is -0.665. The van der Waals surface area contributed by atoms with Crippen LogP contribution in [0.2, 0.25) is 0 Å². The average Bonchev–Trinajstić information content (AvgIpc) is 2.42. The smallest absolute Gasteiger partial charge is 0.409 e. The third-order valence-corrected chi connectivity index (χ3v) is 2.65. The number of cyclic esters (lactones) is 1. The highest BCUT2D eigenvalue weighted by atomic mass is 16.6. The summed E-state index contributed by atoms with van der Waals surface area (Å²) in [5.41, 5.74) is 0. The lowest BCUT2D eigenvalue weighted by Crippen LogP contribution is -2.34. The van der Waals surface area contributed by atoms with Crippen molar-refractivity contribution in [2.75, 3.05) is 13.2 Å². The van der Waals surface area contributed by atoms with Gasteiger partial charge in [-0.1, -0.05) is 26.7 Å². The summed E-state index contributed by atoms with van der Waals surface area (Å²) in [7, 11) is 2.04. The molecule has 0 N–H and O–H groups in total. The molecule has 14 heavy (non-hydrogen) atoms. The first-order valence-electron chi connectivity index (χ1n) is 5.54. The predicted octanol–water partition coefficient (Wildman–Crippen LogP) is 1.22. The third kappa shape index (κ3) is 3.24. The maximum Gasteiger partial charge on any atom is 0.409 e. The van der Waals surface area contributed by atoms with E-state index in [1.807, 2.05) is 12.7 Å². The van der Waals surface area contributed by atoms with Crippen LogP contribution in [0.15, 0.2) is 0 Å².